The van der Waals surface area contributed by atoms with Crippen LogP contribution >= 0.6 is 0 Å². The van der Waals surface area contributed by atoms with Crippen molar-refractivity contribution in [3.05, 3.63) is 51.9 Å². The van der Waals surface area contributed by atoms with Gasteiger partial charge in [0.2, 0.25) is 10.0 Å². The quantitative estimate of drug-likeness (QED) is 0.836. The number of anilines is 1. The van der Waals surface area contributed by atoms with E-state index in [2.05, 4.69) is 4.72 Å². The van der Waals surface area contributed by atoms with Crippen molar-refractivity contribution < 1.29 is 23.1 Å². The molecule has 0 saturated heterocycles. The molecule has 0 radical (unpaired) electrons. The number of pyridine rings is 1. The first-order valence-electron chi connectivity index (χ1n) is 6.76. The van der Waals surface area contributed by atoms with Gasteiger partial charge in [0.25, 0.3) is 5.56 Å². The first kappa shape index (κ1) is 17.5. The predicted molar refractivity (Wildman–Crippen MR) is 88.8 cm³/mol. The van der Waals surface area contributed by atoms with Crippen LogP contribution in [0.5, 0.6) is 5.75 Å². The van der Waals surface area contributed by atoms with E-state index in [4.69, 9.17) is 4.74 Å². The lowest BCUT2D eigenvalue weighted by Gasteiger charge is -2.13. The van der Waals surface area contributed by atoms with E-state index in [9.17, 15) is 23.1 Å². The van der Waals surface area contributed by atoms with Gasteiger partial charge in [-0.25, -0.2) is 13.2 Å². The van der Waals surface area contributed by atoms with Gasteiger partial charge < -0.3 is 9.84 Å². The lowest BCUT2D eigenvalue weighted by molar-refractivity contribution is 0.0693. The van der Waals surface area contributed by atoms with Crippen LogP contribution in [0.25, 0.3) is 5.69 Å². The molecule has 0 unspecified atom stereocenters. The Labute approximate surface area is 138 Å². The Morgan fingerprint density at radius 1 is 1.29 bits per heavy atom. The van der Waals surface area contributed by atoms with Crippen LogP contribution in [-0.4, -0.2) is 37.4 Å². The number of carboxylic acid groups (broad SMARTS) is 1. The number of sulfonamides is 1. The molecular weight excluding hydrogens is 336 g/mol. The number of nitrogens with zero attached hydrogens (tertiary/aromatic N) is 1. The molecule has 0 spiro atoms. The highest BCUT2D eigenvalue weighted by molar-refractivity contribution is 7.92. The molecule has 9 heteroatoms. The van der Waals surface area contributed by atoms with E-state index in [0.717, 1.165) is 10.8 Å². The highest BCUT2D eigenvalue weighted by Crippen LogP contribution is 2.27. The fourth-order valence-electron chi connectivity index (χ4n) is 2.20. The molecule has 2 N–H and O–H groups in total. The van der Waals surface area contributed by atoms with E-state index in [0.29, 0.717) is 11.3 Å². The molecule has 0 aliphatic heterocycles. The minimum atomic E-state index is -3.50. The fraction of sp³-hybridized carbons (Fsp3) is 0.200. The normalized spacial score (nSPS) is 11.1. The monoisotopic (exact) mass is 352 g/mol. The lowest BCUT2D eigenvalue weighted by Crippen LogP contribution is -2.26. The fourth-order valence-corrected chi connectivity index (χ4v) is 2.77. The zero-order chi connectivity index (χ0) is 18.1. The maximum absolute atomic E-state index is 12.4. The molecule has 24 heavy (non-hydrogen) atoms. The maximum atomic E-state index is 12.4. The van der Waals surface area contributed by atoms with Gasteiger partial charge in [0.05, 0.1) is 24.7 Å². The number of hydrogen-bond donors (Lipinski definition) is 2. The molecule has 2 rings (SSSR count). The Kier molecular flexibility index (Phi) is 4.65. The lowest BCUT2D eigenvalue weighted by atomic mass is 10.1. The number of methoxy groups -OCH3 is 1. The standard InChI is InChI=1S/C15H16N2O6S/c1-9-6-7-17(14(18)13(9)15(19)20)10-4-5-11(12(8-10)23-2)16-24(3,21)22/h4-8,16H,1-3H3,(H,19,20). The Morgan fingerprint density at radius 3 is 2.50 bits per heavy atom. The van der Waals surface area contributed by atoms with Crippen molar-refractivity contribution in [1.82, 2.24) is 4.57 Å². The molecule has 1 aromatic carbocycles. The van der Waals surface area contributed by atoms with Crippen LogP contribution in [-0.2, 0) is 10.0 Å². The minimum absolute atomic E-state index is 0.197. The van der Waals surface area contributed by atoms with Crippen molar-refractivity contribution in [2.75, 3.05) is 18.1 Å². The summed E-state index contributed by atoms with van der Waals surface area (Å²) in [6.07, 6.45) is 2.45. The molecule has 0 saturated carbocycles. The van der Waals surface area contributed by atoms with E-state index in [1.165, 1.54) is 44.5 Å². The Hall–Kier alpha value is -2.81. The van der Waals surface area contributed by atoms with Crippen molar-refractivity contribution in [1.29, 1.82) is 0 Å². The molecule has 0 aliphatic carbocycles. The van der Waals surface area contributed by atoms with Crippen LogP contribution in [0.3, 0.4) is 0 Å². The number of carbonyl (C=O) groups is 1. The smallest absolute Gasteiger partial charge is 0.341 e. The number of carboxylic acids is 1. The average Bonchev–Trinajstić information content (AvgIpc) is 2.46. The van der Waals surface area contributed by atoms with Crippen LogP contribution in [0.2, 0.25) is 0 Å². The number of benzene rings is 1. The van der Waals surface area contributed by atoms with Gasteiger partial charge in [-0.2, -0.15) is 0 Å². The van der Waals surface area contributed by atoms with Gasteiger partial charge in [0.15, 0.2) is 0 Å². The third-order valence-corrected chi connectivity index (χ3v) is 3.86. The van der Waals surface area contributed by atoms with E-state index < -0.39 is 21.6 Å². The van der Waals surface area contributed by atoms with Gasteiger partial charge in [-0.1, -0.05) is 0 Å². The Bertz CT molecular complexity index is 962. The first-order valence-corrected chi connectivity index (χ1v) is 8.65. The van der Waals surface area contributed by atoms with E-state index in [-0.39, 0.29) is 17.0 Å². The molecule has 0 bridgehead atoms. The molecule has 128 valence electrons. The highest BCUT2D eigenvalue weighted by Gasteiger charge is 2.16. The summed E-state index contributed by atoms with van der Waals surface area (Å²) >= 11 is 0. The Balaban J connectivity index is 2.61. The second kappa shape index (κ2) is 6.36. The van der Waals surface area contributed by atoms with Crippen LogP contribution < -0.4 is 15.0 Å². The van der Waals surface area contributed by atoms with Gasteiger partial charge in [0.1, 0.15) is 11.3 Å². The Morgan fingerprint density at radius 2 is 1.96 bits per heavy atom. The van der Waals surface area contributed by atoms with Crippen LogP contribution in [0.1, 0.15) is 15.9 Å². The second-order valence-corrected chi connectivity index (χ2v) is 6.86. The summed E-state index contributed by atoms with van der Waals surface area (Å²) < 4.78 is 31.3. The van der Waals surface area contributed by atoms with Crippen molar-refractivity contribution >= 4 is 21.7 Å². The van der Waals surface area contributed by atoms with Crippen LogP contribution in [0.4, 0.5) is 5.69 Å². The zero-order valence-corrected chi connectivity index (χ0v) is 14.0. The van der Waals surface area contributed by atoms with E-state index in [1.54, 1.807) is 0 Å². The van der Waals surface area contributed by atoms with Gasteiger partial charge in [-0.15, -0.1) is 0 Å². The summed E-state index contributed by atoms with van der Waals surface area (Å²) in [7, 11) is -2.14. The van der Waals surface area contributed by atoms with Gasteiger partial charge in [0, 0.05) is 12.3 Å². The molecule has 2 aromatic rings. The van der Waals surface area contributed by atoms with Crippen LogP contribution in [0, 0.1) is 6.92 Å². The third-order valence-electron chi connectivity index (χ3n) is 3.27. The number of aromatic nitrogens is 1. The van der Waals surface area contributed by atoms with Gasteiger partial charge in [-0.3, -0.25) is 14.1 Å². The second-order valence-electron chi connectivity index (χ2n) is 5.11. The minimum Gasteiger partial charge on any atom is -0.494 e. The molecule has 0 fully saturated rings. The third kappa shape index (κ3) is 3.57. The van der Waals surface area contributed by atoms with Crippen molar-refractivity contribution in [2.24, 2.45) is 0 Å². The highest BCUT2D eigenvalue weighted by atomic mass is 32.2. The number of hydrogen-bond acceptors (Lipinski definition) is 5. The van der Waals surface area contributed by atoms with Crippen LogP contribution in [0.15, 0.2) is 35.3 Å². The molecule has 0 aliphatic rings. The summed E-state index contributed by atoms with van der Waals surface area (Å²) in [6, 6.07) is 5.87. The average molecular weight is 352 g/mol. The molecule has 1 heterocycles. The molecule has 8 nitrogen and oxygen atoms in total. The largest absolute Gasteiger partial charge is 0.494 e. The number of aryl methyl sites for hydroxylation is 1. The van der Waals surface area contributed by atoms with Crippen molar-refractivity contribution in [3.8, 4) is 11.4 Å². The summed E-state index contributed by atoms with van der Waals surface area (Å²) in [4.78, 5) is 23.6. The SMILES string of the molecule is COc1cc(-n2ccc(C)c(C(=O)O)c2=O)ccc1NS(C)(=O)=O. The van der Waals surface area contributed by atoms with E-state index in [1.807, 2.05) is 0 Å². The number of rotatable bonds is 5. The molecule has 0 amide bonds. The maximum Gasteiger partial charge on any atom is 0.341 e. The molecule has 0 atom stereocenters. The first-order chi connectivity index (χ1) is 11.1. The number of nitrogens with one attached hydrogen (secondary N) is 1. The summed E-state index contributed by atoms with van der Waals surface area (Å²) in [5.74, 6) is -1.11. The zero-order valence-electron chi connectivity index (χ0n) is 13.2. The van der Waals surface area contributed by atoms with Gasteiger partial charge >= 0.3 is 5.97 Å². The van der Waals surface area contributed by atoms with Gasteiger partial charge in [-0.05, 0) is 30.7 Å². The summed E-state index contributed by atoms with van der Waals surface area (Å²) in [6.45, 7) is 1.54. The van der Waals surface area contributed by atoms with Crippen molar-refractivity contribution in [2.45, 2.75) is 6.92 Å². The van der Waals surface area contributed by atoms with E-state index >= 15 is 0 Å². The topological polar surface area (TPSA) is 115 Å². The summed E-state index contributed by atoms with van der Waals surface area (Å²) in [5.41, 5.74) is -0.102. The predicted octanol–water partition coefficient (Wildman–Crippen LogP) is 1.22. The van der Waals surface area contributed by atoms with Crippen molar-refractivity contribution in [3.63, 3.8) is 0 Å². The molecule has 1 aromatic heterocycles. The summed E-state index contributed by atoms with van der Waals surface area (Å²) in [5, 5.41) is 9.18. The number of ether oxygens (including phenoxy) is 1. The molecular formula is C15H16N2O6S. The number of aromatic carboxylic acids is 1.